The number of pyridine rings is 2. The maximum Gasteiger partial charge on any atom is 0.0528 e. The van der Waals surface area contributed by atoms with E-state index in [1.807, 2.05) is 36.9 Å². The van der Waals surface area contributed by atoms with Crippen molar-refractivity contribution in [1.82, 2.24) is 9.97 Å². The number of aryl methyl sites for hydroxylation is 2. The number of rotatable bonds is 0. The summed E-state index contributed by atoms with van der Waals surface area (Å²) >= 11 is 3.58. The summed E-state index contributed by atoms with van der Waals surface area (Å²) in [5.41, 5.74) is 0. The second kappa shape index (κ2) is 5.69. The van der Waals surface area contributed by atoms with Gasteiger partial charge in [0.15, 0.2) is 0 Å². The molecule has 0 spiro atoms. The molecule has 0 aliphatic heterocycles. The van der Waals surface area contributed by atoms with Crippen molar-refractivity contribution in [2.24, 2.45) is 0 Å². The van der Waals surface area contributed by atoms with Gasteiger partial charge in [-0.2, -0.15) is 0 Å². The minimum atomic E-state index is 1.28. The summed E-state index contributed by atoms with van der Waals surface area (Å²) in [7, 11) is 0. The summed E-state index contributed by atoms with van der Waals surface area (Å²) in [5.74, 6) is 0. The SMILES string of the molecule is Cc1cc2ccncc2s1.Cc1cc2ccncc2s1. The molecule has 0 fully saturated rings. The molecule has 4 rings (SSSR count). The molecule has 4 aromatic rings. The lowest BCUT2D eigenvalue weighted by Gasteiger charge is -1.81. The molecule has 0 bridgehead atoms. The van der Waals surface area contributed by atoms with Gasteiger partial charge < -0.3 is 0 Å². The quantitative estimate of drug-likeness (QED) is 0.445. The predicted octanol–water partition coefficient (Wildman–Crippen LogP) is 5.21. The molecule has 0 aliphatic rings. The maximum absolute atomic E-state index is 4.04. The number of hydrogen-bond acceptors (Lipinski definition) is 4. The average Bonchev–Trinajstić information content (AvgIpc) is 2.99. The number of hydrogen-bond donors (Lipinski definition) is 0. The van der Waals surface area contributed by atoms with Crippen LogP contribution in [0, 0.1) is 13.8 Å². The van der Waals surface area contributed by atoms with Crippen LogP contribution in [0.15, 0.2) is 49.1 Å². The van der Waals surface area contributed by atoms with Crippen LogP contribution < -0.4 is 0 Å². The van der Waals surface area contributed by atoms with E-state index < -0.39 is 0 Å². The smallest absolute Gasteiger partial charge is 0.0528 e. The second-order valence-electron chi connectivity index (χ2n) is 4.54. The molecule has 4 heteroatoms. The third-order valence-corrected chi connectivity index (χ3v) is 4.89. The highest BCUT2D eigenvalue weighted by Crippen LogP contribution is 2.23. The Kier molecular flexibility index (Phi) is 3.76. The van der Waals surface area contributed by atoms with Gasteiger partial charge in [-0.25, -0.2) is 0 Å². The Morgan fingerprint density at radius 3 is 1.60 bits per heavy atom. The van der Waals surface area contributed by atoms with E-state index >= 15 is 0 Å². The van der Waals surface area contributed by atoms with Crippen LogP contribution in [-0.2, 0) is 0 Å². The lowest BCUT2D eigenvalue weighted by Crippen LogP contribution is -1.64. The topological polar surface area (TPSA) is 25.8 Å². The van der Waals surface area contributed by atoms with Gasteiger partial charge in [0.05, 0.1) is 9.40 Å². The largest absolute Gasteiger partial charge is 0.263 e. The van der Waals surface area contributed by atoms with Crippen LogP contribution in [0.4, 0.5) is 0 Å². The van der Waals surface area contributed by atoms with Gasteiger partial charge in [0.2, 0.25) is 0 Å². The Labute approximate surface area is 125 Å². The molecular formula is C16H14N2S2. The van der Waals surface area contributed by atoms with Crippen LogP contribution in [-0.4, -0.2) is 9.97 Å². The van der Waals surface area contributed by atoms with Gasteiger partial charge in [-0.05, 0) is 48.9 Å². The number of aromatic nitrogens is 2. The molecular weight excluding hydrogens is 284 g/mol. The second-order valence-corrected chi connectivity index (χ2v) is 7.12. The van der Waals surface area contributed by atoms with E-state index in [0.29, 0.717) is 0 Å². The van der Waals surface area contributed by atoms with E-state index in [1.165, 1.54) is 29.9 Å². The summed E-state index contributed by atoms with van der Waals surface area (Å²) in [4.78, 5) is 10.8. The molecule has 0 aromatic carbocycles. The minimum absolute atomic E-state index is 1.28. The zero-order valence-electron chi connectivity index (χ0n) is 11.3. The van der Waals surface area contributed by atoms with Crippen LogP contribution in [0.3, 0.4) is 0 Å². The molecule has 100 valence electrons. The van der Waals surface area contributed by atoms with Crippen molar-refractivity contribution in [1.29, 1.82) is 0 Å². The van der Waals surface area contributed by atoms with Gasteiger partial charge in [0.25, 0.3) is 0 Å². The molecule has 20 heavy (non-hydrogen) atoms. The van der Waals surface area contributed by atoms with E-state index in [4.69, 9.17) is 0 Å². The first-order chi connectivity index (χ1) is 9.72. The van der Waals surface area contributed by atoms with E-state index in [9.17, 15) is 0 Å². The predicted molar refractivity (Wildman–Crippen MR) is 88.7 cm³/mol. The van der Waals surface area contributed by atoms with Gasteiger partial charge in [-0.15, -0.1) is 22.7 Å². The fraction of sp³-hybridized carbons (Fsp3) is 0.125. The molecule has 0 N–H and O–H groups in total. The van der Waals surface area contributed by atoms with Crippen molar-refractivity contribution in [2.75, 3.05) is 0 Å². The Morgan fingerprint density at radius 1 is 0.750 bits per heavy atom. The van der Waals surface area contributed by atoms with Gasteiger partial charge in [0.1, 0.15) is 0 Å². The van der Waals surface area contributed by atoms with Gasteiger partial charge in [0, 0.05) is 34.5 Å². The number of fused-ring (bicyclic) bond motifs is 2. The minimum Gasteiger partial charge on any atom is -0.263 e. The summed E-state index contributed by atoms with van der Waals surface area (Å²) in [6.07, 6.45) is 7.48. The first kappa shape index (κ1) is 13.2. The van der Waals surface area contributed by atoms with Crippen LogP contribution in [0.25, 0.3) is 20.2 Å². The molecule has 2 nitrogen and oxygen atoms in total. The third kappa shape index (κ3) is 2.86. The van der Waals surface area contributed by atoms with Crippen LogP contribution in [0.2, 0.25) is 0 Å². The molecule has 0 aliphatic carbocycles. The number of thiophene rings is 2. The monoisotopic (exact) mass is 298 g/mol. The molecule has 0 saturated heterocycles. The fourth-order valence-electron chi connectivity index (χ4n) is 2.03. The highest BCUT2D eigenvalue weighted by molar-refractivity contribution is 7.19. The first-order valence-corrected chi connectivity index (χ1v) is 7.96. The van der Waals surface area contributed by atoms with Crippen LogP contribution in [0.5, 0.6) is 0 Å². The first-order valence-electron chi connectivity index (χ1n) is 6.33. The summed E-state index contributed by atoms with van der Waals surface area (Å²) in [5, 5.41) is 2.61. The third-order valence-electron chi connectivity index (χ3n) is 2.89. The highest BCUT2D eigenvalue weighted by atomic mass is 32.1. The molecule has 0 amide bonds. The number of nitrogens with zero attached hydrogens (tertiary/aromatic N) is 2. The summed E-state index contributed by atoms with van der Waals surface area (Å²) in [6.45, 7) is 4.23. The Hall–Kier alpha value is -1.78. The van der Waals surface area contributed by atoms with Gasteiger partial charge in [-0.3, -0.25) is 9.97 Å². The Balaban J connectivity index is 0.000000121. The van der Waals surface area contributed by atoms with E-state index in [1.54, 1.807) is 22.7 Å². The average molecular weight is 298 g/mol. The highest BCUT2D eigenvalue weighted by Gasteiger charge is 1.95. The van der Waals surface area contributed by atoms with Crippen molar-refractivity contribution in [2.45, 2.75) is 13.8 Å². The zero-order chi connectivity index (χ0) is 13.9. The summed E-state index contributed by atoms with van der Waals surface area (Å²) < 4.78 is 2.56. The van der Waals surface area contributed by atoms with Gasteiger partial charge >= 0.3 is 0 Å². The standard InChI is InChI=1S/2C8H7NS/c2*1-6-4-7-2-3-9-5-8(7)10-6/h2*2-5H,1H3. The Morgan fingerprint density at radius 2 is 1.20 bits per heavy atom. The summed E-state index contributed by atoms with van der Waals surface area (Å²) in [6, 6.07) is 8.45. The Bertz CT molecular complexity index is 708. The van der Waals surface area contributed by atoms with E-state index in [0.717, 1.165) is 0 Å². The molecule has 4 heterocycles. The van der Waals surface area contributed by atoms with Gasteiger partial charge in [-0.1, -0.05) is 0 Å². The lowest BCUT2D eigenvalue weighted by atomic mass is 10.3. The van der Waals surface area contributed by atoms with Crippen molar-refractivity contribution in [3.05, 3.63) is 58.8 Å². The molecule has 0 unspecified atom stereocenters. The van der Waals surface area contributed by atoms with Crippen LogP contribution in [0.1, 0.15) is 9.75 Å². The van der Waals surface area contributed by atoms with E-state index in [-0.39, 0.29) is 0 Å². The lowest BCUT2D eigenvalue weighted by molar-refractivity contribution is 1.37. The molecule has 4 aromatic heterocycles. The molecule has 0 saturated carbocycles. The van der Waals surface area contributed by atoms with E-state index in [2.05, 4.69) is 35.9 Å². The zero-order valence-corrected chi connectivity index (χ0v) is 13.0. The molecule has 0 radical (unpaired) electrons. The maximum atomic E-state index is 4.04. The van der Waals surface area contributed by atoms with Crippen molar-refractivity contribution in [3.8, 4) is 0 Å². The van der Waals surface area contributed by atoms with Crippen molar-refractivity contribution < 1.29 is 0 Å². The normalized spacial score (nSPS) is 10.5. The molecule has 0 atom stereocenters. The fourth-order valence-corrected chi connectivity index (χ4v) is 3.82. The van der Waals surface area contributed by atoms with Crippen molar-refractivity contribution >= 4 is 42.8 Å². The van der Waals surface area contributed by atoms with Crippen molar-refractivity contribution in [3.63, 3.8) is 0 Å². The van der Waals surface area contributed by atoms with Crippen LogP contribution >= 0.6 is 22.7 Å².